The summed E-state index contributed by atoms with van der Waals surface area (Å²) in [5.41, 5.74) is 6.34. The topological polar surface area (TPSA) is 76.3 Å². The van der Waals surface area contributed by atoms with E-state index in [2.05, 4.69) is 4.98 Å². The van der Waals surface area contributed by atoms with Gasteiger partial charge in [0, 0.05) is 26.0 Å². The first-order valence-electron chi connectivity index (χ1n) is 5.59. The minimum Gasteiger partial charge on any atom is -0.330 e. The van der Waals surface area contributed by atoms with E-state index in [9.17, 15) is 8.42 Å². The smallest absolute Gasteiger partial charge is 0.214 e. The molecule has 0 radical (unpaired) electrons. The predicted octanol–water partition coefficient (Wildman–Crippen LogP) is 0.235. The van der Waals surface area contributed by atoms with Gasteiger partial charge in [-0.05, 0) is 37.1 Å². The van der Waals surface area contributed by atoms with Crippen LogP contribution < -0.4 is 5.73 Å². The molecule has 0 bridgehead atoms. The highest BCUT2D eigenvalue weighted by molar-refractivity contribution is 7.89. The molecule has 0 amide bonds. The molecule has 5 nitrogen and oxygen atoms in total. The van der Waals surface area contributed by atoms with E-state index in [1.54, 1.807) is 19.4 Å². The molecule has 0 fully saturated rings. The van der Waals surface area contributed by atoms with Gasteiger partial charge < -0.3 is 5.73 Å². The molecule has 0 saturated carbocycles. The third-order valence-corrected chi connectivity index (χ3v) is 4.40. The van der Waals surface area contributed by atoms with Gasteiger partial charge in [-0.25, -0.2) is 12.7 Å². The Labute approximate surface area is 103 Å². The summed E-state index contributed by atoms with van der Waals surface area (Å²) in [5.74, 6) is 0.123. The van der Waals surface area contributed by atoms with Crippen LogP contribution in [0.3, 0.4) is 0 Å². The number of rotatable bonds is 7. The zero-order valence-corrected chi connectivity index (χ0v) is 10.9. The second kappa shape index (κ2) is 6.68. The van der Waals surface area contributed by atoms with E-state index in [-0.39, 0.29) is 5.75 Å². The fourth-order valence-electron chi connectivity index (χ4n) is 1.41. The van der Waals surface area contributed by atoms with Crippen molar-refractivity contribution in [3.63, 3.8) is 0 Å². The Morgan fingerprint density at radius 3 is 2.59 bits per heavy atom. The fraction of sp³-hybridized carbons (Fsp3) is 0.545. The summed E-state index contributed by atoms with van der Waals surface area (Å²) in [4.78, 5) is 3.89. The highest BCUT2D eigenvalue weighted by Gasteiger charge is 2.16. The molecule has 0 atom stereocenters. The molecule has 0 aromatic carbocycles. The summed E-state index contributed by atoms with van der Waals surface area (Å²) < 4.78 is 25.1. The van der Waals surface area contributed by atoms with E-state index >= 15 is 0 Å². The van der Waals surface area contributed by atoms with Crippen LogP contribution in [0.4, 0.5) is 0 Å². The maximum Gasteiger partial charge on any atom is 0.214 e. The lowest BCUT2D eigenvalue weighted by Gasteiger charge is -2.16. The molecule has 17 heavy (non-hydrogen) atoms. The first kappa shape index (κ1) is 14.1. The summed E-state index contributed by atoms with van der Waals surface area (Å²) in [7, 11) is -1.58. The van der Waals surface area contributed by atoms with Crippen molar-refractivity contribution in [2.24, 2.45) is 5.73 Å². The van der Waals surface area contributed by atoms with Crippen LogP contribution in [0.2, 0.25) is 0 Å². The monoisotopic (exact) mass is 257 g/mol. The van der Waals surface area contributed by atoms with E-state index in [0.717, 1.165) is 5.56 Å². The highest BCUT2D eigenvalue weighted by atomic mass is 32.2. The van der Waals surface area contributed by atoms with Crippen LogP contribution in [0.25, 0.3) is 0 Å². The second-order valence-corrected chi connectivity index (χ2v) is 6.08. The lowest BCUT2D eigenvalue weighted by atomic mass is 10.2. The molecule has 2 N–H and O–H groups in total. The van der Waals surface area contributed by atoms with E-state index < -0.39 is 10.0 Å². The Balaban J connectivity index is 2.50. The molecule has 0 aliphatic rings. The van der Waals surface area contributed by atoms with Gasteiger partial charge in [0.25, 0.3) is 0 Å². The van der Waals surface area contributed by atoms with Crippen LogP contribution in [0.5, 0.6) is 0 Å². The Morgan fingerprint density at radius 2 is 2.00 bits per heavy atom. The Bertz CT molecular complexity index is 420. The molecule has 0 unspecified atom stereocenters. The standard InChI is InChI=1S/C11H19N3O2S/c1-14(9-2-6-12)17(15,16)10-5-11-3-7-13-8-4-11/h3-4,7-8H,2,5-6,9-10,12H2,1H3. The number of nitrogens with zero attached hydrogens (tertiary/aromatic N) is 2. The van der Waals surface area contributed by atoms with E-state index in [4.69, 9.17) is 5.73 Å². The van der Waals surface area contributed by atoms with Crippen molar-refractivity contribution in [2.75, 3.05) is 25.9 Å². The van der Waals surface area contributed by atoms with Crippen LogP contribution in [0.15, 0.2) is 24.5 Å². The molecule has 0 spiro atoms. The molecule has 1 aromatic heterocycles. The Morgan fingerprint density at radius 1 is 1.35 bits per heavy atom. The quantitative estimate of drug-likeness (QED) is 0.759. The minimum absolute atomic E-state index is 0.123. The van der Waals surface area contributed by atoms with E-state index in [1.165, 1.54) is 4.31 Å². The summed E-state index contributed by atoms with van der Waals surface area (Å²) in [6, 6.07) is 3.66. The molecule has 1 aromatic rings. The van der Waals surface area contributed by atoms with Crippen molar-refractivity contribution >= 4 is 10.0 Å². The van der Waals surface area contributed by atoms with E-state index in [1.807, 2.05) is 12.1 Å². The fourth-order valence-corrected chi connectivity index (χ4v) is 2.62. The number of hydrogen-bond acceptors (Lipinski definition) is 4. The molecular formula is C11H19N3O2S. The first-order valence-corrected chi connectivity index (χ1v) is 7.20. The van der Waals surface area contributed by atoms with Gasteiger partial charge >= 0.3 is 0 Å². The third kappa shape index (κ3) is 4.80. The molecule has 6 heteroatoms. The van der Waals surface area contributed by atoms with Crippen LogP contribution >= 0.6 is 0 Å². The average molecular weight is 257 g/mol. The van der Waals surface area contributed by atoms with Crippen molar-refractivity contribution in [3.05, 3.63) is 30.1 Å². The largest absolute Gasteiger partial charge is 0.330 e. The maximum atomic E-state index is 11.9. The number of sulfonamides is 1. The zero-order valence-electron chi connectivity index (χ0n) is 10.0. The molecule has 0 aliphatic carbocycles. The number of aryl methyl sites for hydroxylation is 1. The van der Waals surface area contributed by atoms with Crippen molar-refractivity contribution < 1.29 is 8.42 Å². The zero-order chi connectivity index (χ0) is 12.7. The van der Waals surface area contributed by atoms with Gasteiger partial charge in [-0.2, -0.15) is 0 Å². The summed E-state index contributed by atoms with van der Waals surface area (Å²) in [5, 5.41) is 0. The SMILES string of the molecule is CN(CCCN)S(=O)(=O)CCc1ccncc1. The molecule has 0 saturated heterocycles. The van der Waals surface area contributed by atoms with Crippen molar-refractivity contribution in [3.8, 4) is 0 Å². The highest BCUT2D eigenvalue weighted by Crippen LogP contribution is 2.04. The number of hydrogen-bond donors (Lipinski definition) is 1. The van der Waals surface area contributed by atoms with Gasteiger partial charge in [0.15, 0.2) is 0 Å². The lowest BCUT2D eigenvalue weighted by molar-refractivity contribution is 0.463. The minimum atomic E-state index is -3.17. The summed E-state index contributed by atoms with van der Waals surface area (Å²) in [6.45, 7) is 0.986. The normalized spacial score (nSPS) is 11.9. The Hall–Kier alpha value is -0.980. The van der Waals surface area contributed by atoms with Crippen molar-refractivity contribution in [1.82, 2.24) is 9.29 Å². The number of aromatic nitrogens is 1. The molecular weight excluding hydrogens is 238 g/mol. The van der Waals surface area contributed by atoms with Crippen LogP contribution in [-0.4, -0.2) is 43.6 Å². The first-order chi connectivity index (χ1) is 8.06. The predicted molar refractivity (Wildman–Crippen MR) is 68.0 cm³/mol. The molecule has 0 aliphatic heterocycles. The van der Waals surface area contributed by atoms with Gasteiger partial charge in [0.1, 0.15) is 0 Å². The number of nitrogens with two attached hydrogens (primary N) is 1. The van der Waals surface area contributed by atoms with Crippen LogP contribution in [0.1, 0.15) is 12.0 Å². The van der Waals surface area contributed by atoms with E-state index in [0.29, 0.717) is 25.9 Å². The molecule has 96 valence electrons. The maximum absolute atomic E-state index is 11.9. The van der Waals surface area contributed by atoms with Gasteiger partial charge in [-0.1, -0.05) is 0 Å². The lowest BCUT2D eigenvalue weighted by Crippen LogP contribution is -2.31. The Kier molecular flexibility index (Phi) is 5.54. The molecule has 1 heterocycles. The van der Waals surface area contributed by atoms with Gasteiger partial charge in [0.2, 0.25) is 10.0 Å². The summed E-state index contributed by atoms with van der Waals surface area (Å²) in [6.07, 6.45) is 4.53. The van der Waals surface area contributed by atoms with Gasteiger partial charge in [0.05, 0.1) is 5.75 Å². The molecule has 1 rings (SSSR count). The third-order valence-electron chi connectivity index (χ3n) is 2.55. The van der Waals surface area contributed by atoms with Crippen molar-refractivity contribution in [2.45, 2.75) is 12.8 Å². The second-order valence-electron chi connectivity index (χ2n) is 3.89. The summed E-state index contributed by atoms with van der Waals surface area (Å²) >= 11 is 0. The van der Waals surface area contributed by atoms with Crippen LogP contribution in [-0.2, 0) is 16.4 Å². The van der Waals surface area contributed by atoms with Crippen molar-refractivity contribution in [1.29, 1.82) is 0 Å². The number of pyridine rings is 1. The van der Waals surface area contributed by atoms with Crippen LogP contribution in [0, 0.1) is 0 Å². The van der Waals surface area contributed by atoms with Gasteiger partial charge in [-0.3, -0.25) is 4.98 Å². The average Bonchev–Trinajstić information content (AvgIpc) is 2.35. The van der Waals surface area contributed by atoms with Gasteiger partial charge in [-0.15, -0.1) is 0 Å².